The Morgan fingerprint density at radius 1 is 1.41 bits per heavy atom. The first-order valence-electron chi connectivity index (χ1n) is 5.64. The van der Waals surface area contributed by atoms with Crippen LogP contribution in [0.5, 0.6) is 0 Å². The lowest BCUT2D eigenvalue weighted by atomic mass is 10.2. The van der Waals surface area contributed by atoms with Crippen molar-refractivity contribution in [1.29, 1.82) is 0 Å². The molecule has 17 heavy (non-hydrogen) atoms. The number of halogens is 1. The number of nitrogens with two attached hydrogens (primary N) is 1. The predicted octanol–water partition coefficient (Wildman–Crippen LogP) is 2.11. The van der Waals surface area contributed by atoms with Crippen LogP contribution >= 0.6 is 15.9 Å². The number of hydrogen-bond acceptors (Lipinski definition) is 2. The first-order valence-corrected chi connectivity index (χ1v) is 6.43. The van der Waals surface area contributed by atoms with Crippen LogP contribution in [0, 0.1) is 0 Å². The summed E-state index contributed by atoms with van der Waals surface area (Å²) in [6.07, 6.45) is 1.01. The van der Waals surface area contributed by atoms with Crippen molar-refractivity contribution in [3.05, 3.63) is 34.3 Å². The van der Waals surface area contributed by atoms with Crippen molar-refractivity contribution >= 4 is 21.9 Å². The monoisotopic (exact) mass is 298 g/mol. The molecule has 0 aromatic heterocycles. The summed E-state index contributed by atoms with van der Waals surface area (Å²) in [7, 11) is 1.97. The van der Waals surface area contributed by atoms with Gasteiger partial charge in [0.1, 0.15) is 0 Å². The fourth-order valence-corrected chi connectivity index (χ4v) is 1.70. The molecule has 0 saturated carbocycles. The quantitative estimate of drug-likeness (QED) is 0.387. The van der Waals surface area contributed by atoms with Gasteiger partial charge in [0, 0.05) is 24.6 Å². The molecule has 0 aliphatic rings. The maximum atomic E-state index is 5.46. The zero-order chi connectivity index (χ0) is 12.7. The molecular weight excluding hydrogens is 280 g/mol. The topological polar surface area (TPSA) is 53.6 Å². The van der Waals surface area contributed by atoms with Gasteiger partial charge in [0.2, 0.25) is 5.96 Å². The predicted molar refractivity (Wildman–Crippen MR) is 75.5 cm³/mol. The number of nitrogens with one attached hydrogen (secondary N) is 1. The average molecular weight is 299 g/mol. The third-order valence-corrected chi connectivity index (χ3v) is 2.84. The number of hydrogen-bond donors (Lipinski definition) is 2. The van der Waals surface area contributed by atoms with Crippen LogP contribution in [0.4, 0.5) is 0 Å². The van der Waals surface area contributed by atoms with Gasteiger partial charge in [-0.3, -0.25) is 10.4 Å². The van der Waals surface area contributed by atoms with E-state index in [1.54, 1.807) is 0 Å². The zero-order valence-electron chi connectivity index (χ0n) is 10.3. The fraction of sp³-hybridized carbons (Fsp3) is 0.417. The Balaban J connectivity index is 2.63. The molecule has 0 bridgehead atoms. The molecule has 0 aliphatic carbocycles. The second-order valence-corrected chi connectivity index (χ2v) is 4.75. The minimum atomic E-state index is 0.717. The molecule has 94 valence electrons. The summed E-state index contributed by atoms with van der Waals surface area (Å²) in [5.74, 6) is 6.18. The lowest BCUT2D eigenvalue weighted by Gasteiger charge is -2.20. The highest BCUT2D eigenvalue weighted by Gasteiger charge is 2.05. The van der Waals surface area contributed by atoms with Crippen molar-refractivity contribution in [1.82, 2.24) is 10.3 Å². The van der Waals surface area contributed by atoms with E-state index in [2.05, 4.69) is 45.4 Å². The summed E-state index contributed by atoms with van der Waals surface area (Å²) in [5.41, 5.74) is 3.85. The third-order valence-electron chi connectivity index (χ3n) is 2.31. The van der Waals surface area contributed by atoms with Crippen molar-refractivity contribution in [2.45, 2.75) is 19.9 Å². The van der Waals surface area contributed by atoms with Crippen LogP contribution in [-0.4, -0.2) is 24.5 Å². The van der Waals surface area contributed by atoms with Crippen molar-refractivity contribution in [3.63, 3.8) is 0 Å². The van der Waals surface area contributed by atoms with Gasteiger partial charge in [-0.2, -0.15) is 0 Å². The smallest absolute Gasteiger partial charge is 0.208 e. The SMILES string of the molecule is CCCN=C(NN)N(C)Cc1ccc(Br)cc1. The number of benzene rings is 1. The minimum absolute atomic E-state index is 0.717. The zero-order valence-corrected chi connectivity index (χ0v) is 11.9. The van der Waals surface area contributed by atoms with E-state index in [1.807, 2.05) is 24.1 Å². The molecule has 0 amide bonds. The van der Waals surface area contributed by atoms with E-state index in [0.29, 0.717) is 0 Å². The highest BCUT2D eigenvalue weighted by Crippen LogP contribution is 2.11. The van der Waals surface area contributed by atoms with Gasteiger partial charge in [-0.25, -0.2) is 5.84 Å². The number of hydrazine groups is 1. The average Bonchev–Trinajstić information content (AvgIpc) is 2.33. The molecule has 3 N–H and O–H groups in total. The van der Waals surface area contributed by atoms with Crippen molar-refractivity contribution < 1.29 is 0 Å². The van der Waals surface area contributed by atoms with E-state index >= 15 is 0 Å². The van der Waals surface area contributed by atoms with Crippen LogP contribution in [0.2, 0.25) is 0 Å². The molecular formula is C12H19BrN4. The molecule has 4 nitrogen and oxygen atoms in total. The van der Waals surface area contributed by atoms with Crippen molar-refractivity contribution in [2.75, 3.05) is 13.6 Å². The van der Waals surface area contributed by atoms with Gasteiger partial charge in [0.15, 0.2) is 0 Å². The normalized spacial score (nSPS) is 11.4. The molecule has 0 unspecified atom stereocenters. The van der Waals surface area contributed by atoms with Gasteiger partial charge in [0.05, 0.1) is 0 Å². The van der Waals surface area contributed by atoms with E-state index in [1.165, 1.54) is 5.56 Å². The molecule has 1 aromatic carbocycles. The van der Waals surface area contributed by atoms with Crippen LogP contribution in [0.25, 0.3) is 0 Å². The molecule has 0 atom stereocenters. The van der Waals surface area contributed by atoms with E-state index in [0.717, 1.165) is 29.9 Å². The number of aliphatic imine (C=N–C) groups is 1. The molecule has 0 radical (unpaired) electrons. The second kappa shape index (κ2) is 7.29. The highest BCUT2D eigenvalue weighted by molar-refractivity contribution is 9.10. The van der Waals surface area contributed by atoms with Gasteiger partial charge >= 0.3 is 0 Å². The summed E-state index contributed by atoms with van der Waals surface area (Å²) in [5, 5.41) is 0. The molecule has 0 saturated heterocycles. The van der Waals surface area contributed by atoms with Crippen LogP contribution in [0.15, 0.2) is 33.7 Å². The molecule has 5 heteroatoms. The van der Waals surface area contributed by atoms with Crippen LogP contribution in [-0.2, 0) is 6.54 Å². The lowest BCUT2D eigenvalue weighted by molar-refractivity contribution is 0.477. The minimum Gasteiger partial charge on any atom is -0.341 e. The van der Waals surface area contributed by atoms with Crippen molar-refractivity contribution in [3.8, 4) is 0 Å². The second-order valence-electron chi connectivity index (χ2n) is 3.83. The lowest BCUT2D eigenvalue weighted by Crippen LogP contribution is -2.42. The molecule has 0 spiro atoms. The van der Waals surface area contributed by atoms with Crippen molar-refractivity contribution in [2.24, 2.45) is 10.8 Å². The van der Waals surface area contributed by atoms with Crippen LogP contribution in [0.1, 0.15) is 18.9 Å². The molecule has 1 aromatic rings. The molecule has 0 heterocycles. The fourth-order valence-electron chi connectivity index (χ4n) is 1.43. The first-order chi connectivity index (χ1) is 8.17. The van der Waals surface area contributed by atoms with Gasteiger partial charge in [-0.05, 0) is 24.1 Å². The molecule has 1 rings (SSSR count). The van der Waals surface area contributed by atoms with E-state index in [9.17, 15) is 0 Å². The van der Waals surface area contributed by atoms with Gasteiger partial charge in [-0.1, -0.05) is 35.0 Å². The maximum Gasteiger partial charge on any atom is 0.208 e. The summed E-state index contributed by atoms with van der Waals surface area (Å²) in [4.78, 5) is 6.37. The van der Waals surface area contributed by atoms with Crippen LogP contribution in [0.3, 0.4) is 0 Å². The van der Waals surface area contributed by atoms with Gasteiger partial charge in [0.25, 0.3) is 0 Å². The summed E-state index contributed by atoms with van der Waals surface area (Å²) in [6.45, 7) is 3.65. The number of nitrogens with zero attached hydrogens (tertiary/aromatic N) is 2. The standard InChI is InChI=1S/C12H19BrN4/c1-3-8-15-12(16-14)17(2)9-10-4-6-11(13)7-5-10/h4-7H,3,8-9,14H2,1-2H3,(H,15,16). The van der Waals surface area contributed by atoms with Gasteiger partial charge < -0.3 is 4.90 Å². The van der Waals surface area contributed by atoms with Crippen LogP contribution < -0.4 is 11.3 Å². The summed E-state index contributed by atoms with van der Waals surface area (Å²) in [6, 6.07) is 8.22. The van der Waals surface area contributed by atoms with E-state index < -0.39 is 0 Å². The molecule has 0 aliphatic heterocycles. The number of guanidine groups is 1. The summed E-state index contributed by atoms with van der Waals surface area (Å²) >= 11 is 3.42. The highest BCUT2D eigenvalue weighted by atomic mass is 79.9. The third kappa shape index (κ3) is 4.75. The Morgan fingerprint density at radius 2 is 2.06 bits per heavy atom. The molecule has 0 fully saturated rings. The maximum absolute atomic E-state index is 5.46. The largest absolute Gasteiger partial charge is 0.341 e. The Hall–Kier alpha value is -1.07. The Morgan fingerprint density at radius 3 is 2.59 bits per heavy atom. The Kier molecular flexibility index (Phi) is 6.00. The Labute approximate surface area is 111 Å². The van der Waals surface area contributed by atoms with E-state index in [4.69, 9.17) is 5.84 Å². The van der Waals surface area contributed by atoms with E-state index in [-0.39, 0.29) is 0 Å². The van der Waals surface area contributed by atoms with Gasteiger partial charge in [-0.15, -0.1) is 0 Å². The summed E-state index contributed by atoms with van der Waals surface area (Å²) < 4.78 is 1.08. The Bertz CT molecular complexity index is 361. The first kappa shape index (κ1) is 14.0. The number of rotatable bonds is 4.